The fourth-order valence-electron chi connectivity index (χ4n) is 3.19. The number of pyridine rings is 1. The molecular formula is C19H14Cl2F2N4O2. The van der Waals surface area contributed by atoms with Crippen LogP contribution in [0.15, 0.2) is 35.3 Å². The Hall–Kier alpha value is -2.84. The van der Waals surface area contributed by atoms with Gasteiger partial charge in [-0.3, -0.25) is 9.89 Å². The number of ether oxygens (including phenoxy) is 1. The molecule has 6 nitrogen and oxygen atoms in total. The highest BCUT2D eigenvalue weighted by Gasteiger charge is 2.18. The first-order valence-electron chi connectivity index (χ1n) is 8.54. The lowest BCUT2D eigenvalue weighted by Gasteiger charge is -2.14. The fraction of sp³-hybridized carbons (Fsp3) is 0.158. The predicted molar refractivity (Wildman–Crippen MR) is 110 cm³/mol. The normalized spacial score (nSPS) is 11.6. The molecule has 0 spiro atoms. The number of nitrogens with zero attached hydrogens (tertiary/aromatic N) is 1. The molecule has 10 heteroatoms. The number of aromatic nitrogens is 3. The summed E-state index contributed by atoms with van der Waals surface area (Å²) in [7, 11) is 0. The maximum atomic E-state index is 12.4. The van der Waals surface area contributed by atoms with Gasteiger partial charge in [-0.1, -0.05) is 29.3 Å². The number of rotatable bonds is 5. The molecule has 0 atom stereocenters. The van der Waals surface area contributed by atoms with Crippen molar-refractivity contribution in [1.82, 2.24) is 15.2 Å². The molecule has 2 aromatic carbocycles. The second-order valence-corrected chi connectivity index (χ2v) is 7.17. The number of nitrogens with one attached hydrogen (secondary N) is 2. The number of nitrogen functional groups attached to an aromatic ring is 1. The van der Waals surface area contributed by atoms with Crippen molar-refractivity contribution in [3.63, 3.8) is 0 Å². The zero-order valence-electron chi connectivity index (χ0n) is 14.7. The van der Waals surface area contributed by atoms with Crippen molar-refractivity contribution in [2.75, 3.05) is 12.3 Å². The quantitative estimate of drug-likeness (QED) is 0.408. The van der Waals surface area contributed by atoms with Gasteiger partial charge in [-0.15, -0.1) is 0 Å². The minimum atomic E-state index is -2.49. The fourth-order valence-corrected chi connectivity index (χ4v) is 3.62. The van der Waals surface area contributed by atoms with Crippen LogP contribution in [0.25, 0.3) is 32.9 Å². The van der Waals surface area contributed by atoms with E-state index in [1.165, 1.54) is 6.07 Å². The van der Waals surface area contributed by atoms with Crippen LogP contribution >= 0.6 is 23.2 Å². The molecule has 0 saturated carbocycles. The molecule has 0 bridgehead atoms. The number of fused-ring (bicyclic) bond motifs is 2. The molecule has 0 amide bonds. The van der Waals surface area contributed by atoms with Gasteiger partial charge < -0.3 is 15.5 Å². The van der Waals surface area contributed by atoms with E-state index >= 15 is 0 Å². The topological polar surface area (TPSA) is 96.8 Å². The van der Waals surface area contributed by atoms with Crippen molar-refractivity contribution >= 4 is 50.7 Å². The van der Waals surface area contributed by atoms with E-state index in [1.807, 2.05) is 0 Å². The molecule has 0 unspecified atom stereocenters. The van der Waals surface area contributed by atoms with Gasteiger partial charge in [0.25, 0.3) is 5.56 Å². The van der Waals surface area contributed by atoms with Crippen molar-refractivity contribution in [2.24, 2.45) is 0 Å². The van der Waals surface area contributed by atoms with Crippen LogP contribution in [0.4, 0.5) is 14.5 Å². The third-order valence-electron chi connectivity index (χ3n) is 4.53. The molecule has 0 saturated heterocycles. The smallest absolute Gasteiger partial charge is 0.272 e. The Morgan fingerprint density at radius 1 is 1.17 bits per heavy atom. The summed E-state index contributed by atoms with van der Waals surface area (Å²) in [5.74, 6) is 0.213. The maximum Gasteiger partial charge on any atom is 0.272 e. The van der Waals surface area contributed by atoms with Gasteiger partial charge in [0.1, 0.15) is 11.4 Å². The molecule has 0 radical (unpaired) electrons. The molecule has 0 aliphatic heterocycles. The monoisotopic (exact) mass is 438 g/mol. The van der Waals surface area contributed by atoms with Crippen LogP contribution in [-0.2, 0) is 0 Å². The van der Waals surface area contributed by atoms with Crippen LogP contribution in [0, 0.1) is 0 Å². The van der Waals surface area contributed by atoms with Crippen molar-refractivity contribution < 1.29 is 13.5 Å². The van der Waals surface area contributed by atoms with E-state index in [9.17, 15) is 13.6 Å². The Morgan fingerprint density at radius 2 is 1.97 bits per heavy atom. The summed E-state index contributed by atoms with van der Waals surface area (Å²) in [6, 6.07) is 6.48. The zero-order valence-corrected chi connectivity index (χ0v) is 16.2. The van der Waals surface area contributed by atoms with Gasteiger partial charge in [-0.2, -0.15) is 5.10 Å². The van der Waals surface area contributed by atoms with E-state index < -0.39 is 18.4 Å². The van der Waals surface area contributed by atoms with Crippen molar-refractivity contribution in [1.29, 1.82) is 0 Å². The lowest BCUT2D eigenvalue weighted by atomic mass is 9.96. The first-order valence-corrected chi connectivity index (χ1v) is 9.30. The van der Waals surface area contributed by atoms with Crippen LogP contribution < -0.4 is 16.0 Å². The summed E-state index contributed by atoms with van der Waals surface area (Å²) in [6.07, 6.45) is -1.33. The van der Waals surface area contributed by atoms with E-state index in [2.05, 4.69) is 15.2 Å². The van der Waals surface area contributed by atoms with Crippen LogP contribution in [-0.4, -0.2) is 28.2 Å². The number of hydrogen-bond donors (Lipinski definition) is 3. The third kappa shape index (κ3) is 3.49. The highest BCUT2D eigenvalue weighted by molar-refractivity contribution is 6.36. The Balaban J connectivity index is 1.97. The van der Waals surface area contributed by atoms with Crippen molar-refractivity contribution in [3.8, 4) is 16.9 Å². The van der Waals surface area contributed by atoms with Gasteiger partial charge in [0, 0.05) is 22.8 Å². The summed E-state index contributed by atoms with van der Waals surface area (Å²) in [4.78, 5) is 15.1. The number of aromatic amines is 2. The minimum absolute atomic E-state index is 0.0109. The van der Waals surface area contributed by atoms with Gasteiger partial charge >= 0.3 is 0 Å². The summed E-state index contributed by atoms with van der Waals surface area (Å²) in [5, 5.41) is 8.70. The van der Waals surface area contributed by atoms with E-state index in [0.717, 1.165) is 0 Å². The van der Waals surface area contributed by atoms with Crippen LogP contribution in [0.5, 0.6) is 5.75 Å². The summed E-state index contributed by atoms with van der Waals surface area (Å²) >= 11 is 12.4. The highest BCUT2D eigenvalue weighted by atomic mass is 35.5. The van der Waals surface area contributed by atoms with Gasteiger partial charge in [0.05, 0.1) is 33.9 Å². The number of benzene rings is 2. The van der Waals surface area contributed by atoms with Gasteiger partial charge in [0.15, 0.2) is 0 Å². The second kappa shape index (κ2) is 7.53. The molecule has 0 fully saturated rings. The molecule has 4 aromatic rings. The number of hydrogen-bond acceptors (Lipinski definition) is 4. The van der Waals surface area contributed by atoms with Gasteiger partial charge in [-0.05, 0) is 23.8 Å². The molecule has 4 N–H and O–H groups in total. The van der Waals surface area contributed by atoms with E-state index in [-0.39, 0.29) is 23.1 Å². The predicted octanol–water partition coefficient (Wildman–Crippen LogP) is 4.99. The third-order valence-corrected chi connectivity index (χ3v) is 5.14. The molecule has 4 rings (SSSR count). The largest absolute Gasteiger partial charge is 0.492 e. The first-order chi connectivity index (χ1) is 13.9. The lowest BCUT2D eigenvalue weighted by Crippen LogP contribution is -2.13. The molecule has 29 heavy (non-hydrogen) atoms. The number of halogens is 4. The first kappa shape index (κ1) is 19.5. The number of H-pyrrole nitrogens is 2. The van der Waals surface area contributed by atoms with Gasteiger partial charge in [0.2, 0.25) is 6.43 Å². The Labute approximate surface area is 172 Å². The van der Waals surface area contributed by atoms with Crippen molar-refractivity contribution in [2.45, 2.75) is 12.8 Å². The average molecular weight is 439 g/mol. The Bertz CT molecular complexity index is 1290. The molecule has 0 aliphatic rings. The van der Waals surface area contributed by atoms with Crippen LogP contribution in [0.2, 0.25) is 10.0 Å². The SMILES string of the molecule is Nc1c(-c2ccc(Cl)c3[nH]ncc23)c2cc(OCCC(F)F)c(Cl)cc2[nH]c1=O. The zero-order chi connectivity index (χ0) is 20.7. The van der Waals surface area contributed by atoms with E-state index in [0.29, 0.717) is 38.0 Å². The number of anilines is 1. The minimum Gasteiger partial charge on any atom is -0.492 e. The summed E-state index contributed by atoms with van der Waals surface area (Å²) in [5.41, 5.74) is 7.73. The van der Waals surface area contributed by atoms with E-state index in [4.69, 9.17) is 33.7 Å². The molecular weight excluding hydrogens is 425 g/mol. The molecule has 0 aliphatic carbocycles. The number of nitrogens with two attached hydrogens (primary N) is 1. The van der Waals surface area contributed by atoms with Crippen LogP contribution in [0.3, 0.4) is 0 Å². The van der Waals surface area contributed by atoms with Gasteiger partial charge in [-0.25, -0.2) is 8.78 Å². The molecule has 150 valence electrons. The molecule has 2 aromatic heterocycles. The molecule has 2 heterocycles. The van der Waals surface area contributed by atoms with E-state index in [1.54, 1.807) is 24.4 Å². The lowest BCUT2D eigenvalue weighted by molar-refractivity contribution is 0.114. The average Bonchev–Trinajstić information content (AvgIpc) is 3.16. The van der Waals surface area contributed by atoms with Crippen LogP contribution in [0.1, 0.15) is 6.42 Å². The summed E-state index contributed by atoms with van der Waals surface area (Å²) in [6.45, 7) is -0.204. The highest BCUT2D eigenvalue weighted by Crippen LogP contribution is 2.40. The Kier molecular flexibility index (Phi) is 5.06. The Morgan fingerprint density at radius 3 is 2.72 bits per heavy atom. The second-order valence-electron chi connectivity index (χ2n) is 6.35. The number of alkyl halides is 2. The standard InChI is InChI=1S/C19H14Cl2F2N4O2/c20-11-2-1-8(10-7-25-27-18(10)11)16-9-5-14(29-4-3-15(22)23)12(21)6-13(9)26-19(28)17(16)24/h1-2,5-7,15H,3-4,24H2,(H,25,27)(H,26,28). The van der Waals surface area contributed by atoms with Crippen molar-refractivity contribution in [3.05, 3.63) is 50.9 Å². The maximum absolute atomic E-state index is 12.4. The summed E-state index contributed by atoms with van der Waals surface area (Å²) < 4.78 is 30.3.